The van der Waals surface area contributed by atoms with Crippen molar-refractivity contribution in [1.29, 1.82) is 0 Å². The van der Waals surface area contributed by atoms with Crippen molar-refractivity contribution in [3.63, 3.8) is 0 Å². The molecule has 7 heteroatoms. The van der Waals surface area contributed by atoms with E-state index in [1.807, 2.05) is 6.07 Å². The standard InChI is InChI=1S/C26H40O7/c1-5-6-7-8-9-13-16-30-22-17-21(32-24(28)19-14-11-10-12-15-19)23(33-22)20(27)18-31-25(29)26(2,3)4/h10-12,14-15,20-23,27H,5-9,13,16-18H2,1-4H3/t20-,21-,22+,23+/m1/s1. The molecule has 1 aliphatic rings. The Hall–Kier alpha value is -1.96. The maximum absolute atomic E-state index is 12.6. The number of carbonyl (C=O) groups excluding carboxylic acids is 2. The third-order valence-electron chi connectivity index (χ3n) is 5.55. The quantitative estimate of drug-likeness (QED) is 0.335. The second-order valence-corrected chi connectivity index (χ2v) is 9.63. The summed E-state index contributed by atoms with van der Waals surface area (Å²) in [5.41, 5.74) is -0.264. The zero-order valence-electron chi connectivity index (χ0n) is 20.5. The Morgan fingerprint density at radius 1 is 1.09 bits per heavy atom. The molecule has 0 radical (unpaired) electrons. The Morgan fingerprint density at radius 2 is 1.76 bits per heavy atom. The van der Waals surface area contributed by atoms with Crippen LogP contribution < -0.4 is 0 Å². The van der Waals surface area contributed by atoms with Crippen LogP contribution >= 0.6 is 0 Å². The van der Waals surface area contributed by atoms with Crippen LogP contribution in [0.5, 0.6) is 0 Å². The van der Waals surface area contributed by atoms with Crippen molar-refractivity contribution in [2.45, 2.75) is 97.2 Å². The third kappa shape index (κ3) is 9.43. The number of aliphatic hydroxyl groups excluding tert-OH is 1. The lowest BCUT2D eigenvalue weighted by Crippen LogP contribution is -2.41. The van der Waals surface area contributed by atoms with Crippen LogP contribution in [0.2, 0.25) is 0 Å². The van der Waals surface area contributed by atoms with E-state index in [4.69, 9.17) is 18.9 Å². The van der Waals surface area contributed by atoms with Crippen molar-refractivity contribution >= 4 is 11.9 Å². The molecule has 186 valence electrons. The molecule has 4 atom stereocenters. The van der Waals surface area contributed by atoms with Crippen molar-refractivity contribution in [3.05, 3.63) is 35.9 Å². The number of aliphatic hydroxyl groups is 1. The Bertz CT molecular complexity index is 713. The molecule has 1 fully saturated rings. The van der Waals surface area contributed by atoms with Crippen molar-refractivity contribution in [2.24, 2.45) is 5.41 Å². The van der Waals surface area contributed by atoms with Gasteiger partial charge < -0.3 is 24.1 Å². The number of carbonyl (C=O) groups is 2. The molecule has 0 aromatic heterocycles. The van der Waals surface area contributed by atoms with Gasteiger partial charge in [-0.15, -0.1) is 0 Å². The number of benzene rings is 1. The van der Waals surface area contributed by atoms with E-state index in [9.17, 15) is 14.7 Å². The highest BCUT2D eigenvalue weighted by Gasteiger charge is 2.43. The summed E-state index contributed by atoms with van der Waals surface area (Å²) in [6, 6.07) is 8.67. The minimum Gasteiger partial charge on any atom is -0.462 e. The molecule has 1 saturated heterocycles. The minimum absolute atomic E-state index is 0.246. The van der Waals surface area contributed by atoms with Crippen LogP contribution in [0.1, 0.15) is 83.0 Å². The Morgan fingerprint density at radius 3 is 2.42 bits per heavy atom. The molecule has 0 aliphatic carbocycles. The van der Waals surface area contributed by atoms with E-state index in [0.29, 0.717) is 18.6 Å². The molecule has 0 unspecified atom stereocenters. The van der Waals surface area contributed by atoms with Crippen LogP contribution in [-0.2, 0) is 23.7 Å². The SMILES string of the molecule is CCCCCCCCO[C@@H]1C[C@@H](OC(=O)c2ccccc2)[C@H]([C@H](O)COC(=O)C(C)(C)C)O1. The zero-order valence-corrected chi connectivity index (χ0v) is 20.5. The molecule has 1 N–H and O–H groups in total. The first-order valence-corrected chi connectivity index (χ1v) is 12.1. The lowest BCUT2D eigenvalue weighted by molar-refractivity contribution is -0.175. The number of hydrogen-bond acceptors (Lipinski definition) is 7. The normalized spacial score (nSPS) is 21.5. The first-order valence-electron chi connectivity index (χ1n) is 12.1. The smallest absolute Gasteiger partial charge is 0.338 e. The van der Waals surface area contributed by atoms with Gasteiger partial charge in [-0.25, -0.2) is 4.79 Å². The van der Waals surface area contributed by atoms with Gasteiger partial charge in [-0.2, -0.15) is 0 Å². The fraction of sp³-hybridized carbons (Fsp3) is 0.692. The van der Waals surface area contributed by atoms with Gasteiger partial charge in [-0.1, -0.05) is 57.2 Å². The molecular weight excluding hydrogens is 424 g/mol. The van der Waals surface area contributed by atoms with Crippen LogP contribution in [0, 0.1) is 5.41 Å². The van der Waals surface area contributed by atoms with E-state index < -0.39 is 42.0 Å². The first-order chi connectivity index (χ1) is 15.7. The summed E-state index contributed by atoms with van der Waals surface area (Å²) >= 11 is 0. The number of hydrogen-bond donors (Lipinski definition) is 1. The predicted molar refractivity (Wildman–Crippen MR) is 125 cm³/mol. The predicted octanol–water partition coefficient (Wildman–Crippen LogP) is 4.65. The molecule has 33 heavy (non-hydrogen) atoms. The molecular formula is C26H40O7. The maximum Gasteiger partial charge on any atom is 0.338 e. The van der Waals surface area contributed by atoms with E-state index in [1.165, 1.54) is 25.7 Å². The molecule has 2 rings (SSSR count). The Labute approximate surface area is 197 Å². The van der Waals surface area contributed by atoms with Crippen molar-refractivity contribution in [1.82, 2.24) is 0 Å². The fourth-order valence-electron chi connectivity index (χ4n) is 3.55. The van der Waals surface area contributed by atoms with Crippen molar-refractivity contribution in [2.75, 3.05) is 13.2 Å². The van der Waals surface area contributed by atoms with Crippen LogP contribution in [0.25, 0.3) is 0 Å². The monoisotopic (exact) mass is 464 g/mol. The molecule has 1 aromatic rings. The molecule has 7 nitrogen and oxygen atoms in total. The van der Waals surface area contributed by atoms with Gasteiger partial charge in [0.05, 0.1) is 11.0 Å². The second kappa shape index (κ2) is 13.7. The zero-order chi connectivity index (χ0) is 24.3. The van der Waals surface area contributed by atoms with Crippen LogP contribution in [0.3, 0.4) is 0 Å². The van der Waals surface area contributed by atoms with Crippen LogP contribution in [0.15, 0.2) is 30.3 Å². The summed E-state index contributed by atoms with van der Waals surface area (Å²) in [5.74, 6) is -0.919. The molecule has 0 spiro atoms. The fourth-order valence-corrected chi connectivity index (χ4v) is 3.55. The van der Waals surface area contributed by atoms with Gasteiger partial charge >= 0.3 is 11.9 Å². The summed E-state index contributed by atoms with van der Waals surface area (Å²) in [4.78, 5) is 24.6. The number of esters is 2. The highest BCUT2D eigenvalue weighted by Crippen LogP contribution is 2.28. The molecule has 1 aliphatic heterocycles. The highest BCUT2D eigenvalue weighted by atomic mass is 16.7. The first kappa shape index (κ1) is 27.3. The topological polar surface area (TPSA) is 91.3 Å². The minimum atomic E-state index is -1.15. The molecule has 0 saturated carbocycles. The van der Waals surface area contributed by atoms with Gasteiger partial charge in [-0.05, 0) is 39.3 Å². The van der Waals surface area contributed by atoms with Gasteiger partial charge in [0.1, 0.15) is 24.9 Å². The number of unbranched alkanes of at least 4 members (excludes halogenated alkanes) is 5. The van der Waals surface area contributed by atoms with Crippen molar-refractivity contribution < 1.29 is 33.6 Å². The van der Waals surface area contributed by atoms with E-state index in [2.05, 4.69) is 6.92 Å². The maximum atomic E-state index is 12.6. The summed E-state index contributed by atoms with van der Waals surface area (Å²) < 4.78 is 22.7. The average molecular weight is 465 g/mol. The van der Waals surface area contributed by atoms with E-state index >= 15 is 0 Å². The average Bonchev–Trinajstić information content (AvgIpc) is 3.19. The molecule has 1 aromatic carbocycles. The molecule has 0 bridgehead atoms. The van der Waals surface area contributed by atoms with E-state index in [-0.39, 0.29) is 6.61 Å². The van der Waals surface area contributed by atoms with Crippen LogP contribution in [-0.4, -0.2) is 54.9 Å². The lowest BCUT2D eigenvalue weighted by Gasteiger charge is -2.25. The van der Waals surface area contributed by atoms with Crippen molar-refractivity contribution in [3.8, 4) is 0 Å². The molecule has 0 amide bonds. The highest BCUT2D eigenvalue weighted by molar-refractivity contribution is 5.89. The number of ether oxygens (including phenoxy) is 4. The Balaban J connectivity index is 1.92. The van der Waals surface area contributed by atoms with Crippen LogP contribution in [0.4, 0.5) is 0 Å². The van der Waals surface area contributed by atoms with Gasteiger partial charge in [0.15, 0.2) is 6.29 Å². The lowest BCUT2D eigenvalue weighted by atomic mass is 9.97. The molecule has 1 heterocycles. The summed E-state index contributed by atoms with van der Waals surface area (Å²) in [6.45, 7) is 7.71. The van der Waals surface area contributed by atoms with Gasteiger partial charge in [0, 0.05) is 13.0 Å². The largest absolute Gasteiger partial charge is 0.462 e. The van der Waals surface area contributed by atoms with E-state index in [0.717, 1.165) is 12.8 Å². The summed E-state index contributed by atoms with van der Waals surface area (Å²) in [5, 5.41) is 10.7. The van der Waals surface area contributed by atoms with Gasteiger partial charge in [0.2, 0.25) is 0 Å². The van der Waals surface area contributed by atoms with E-state index in [1.54, 1.807) is 45.0 Å². The van der Waals surface area contributed by atoms with Gasteiger partial charge in [0.25, 0.3) is 0 Å². The second-order valence-electron chi connectivity index (χ2n) is 9.63. The summed E-state index contributed by atoms with van der Waals surface area (Å²) in [6.07, 6.45) is 3.90. The number of rotatable bonds is 13. The van der Waals surface area contributed by atoms with Gasteiger partial charge in [-0.3, -0.25) is 4.79 Å². The Kier molecular flexibility index (Phi) is 11.3. The third-order valence-corrected chi connectivity index (χ3v) is 5.55. The summed E-state index contributed by atoms with van der Waals surface area (Å²) in [7, 11) is 0.